The highest BCUT2D eigenvalue weighted by atomic mass is 32.2. The third-order valence-electron chi connectivity index (χ3n) is 2.38. The highest BCUT2D eigenvalue weighted by molar-refractivity contribution is 7.92. The van der Waals surface area contributed by atoms with Crippen LogP contribution in [0.2, 0.25) is 0 Å². The first-order chi connectivity index (χ1) is 8.90. The summed E-state index contributed by atoms with van der Waals surface area (Å²) in [5.41, 5.74) is 5.78. The van der Waals surface area contributed by atoms with Gasteiger partial charge in [0, 0.05) is 11.3 Å². The predicted molar refractivity (Wildman–Crippen MR) is 66.2 cm³/mol. The number of halogens is 1. The number of nitrogens with one attached hydrogen (secondary N) is 1. The van der Waals surface area contributed by atoms with Crippen LogP contribution in [0.25, 0.3) is 0 Å². The molecule has 19 heavy (non-hydrogen) atoms. The van der Waals surface area contributed by atoms with Crippen LogP contribution in [0.4, 0.5) is 16.0 Å². The molecule has 0 amide bonds. The van der Waals surface area contributed by atoms with Gasteiger partial charge in [-0.3, -0.25) is 0 Å². The first kappa shape index (κ1) is 13.1. The molecule has 1 aromatic heterocycles. The van der Waals surface area contributed by atoms with E-state index in [1.165, 1.54) is 19.3 Å². The largest absolute Gasteiger partial charge is 0.398 e. The van der Waals surface area contributed by atoms with E-state index in [-0.39, 0.29) is 22.1 Å². The molecule has 0 fully saturated rings. The Morgan fingerprint density at radius 2 is 2.05 bits per heavy atom. The third-order valence-corrected chi connectivity index (χ3v) is 3.68. The molecule has 2 aromatic rings. The van der Waals surface area contributed by atoms with Crippen LogP contribution in [-0.2, 0) is 10.0 Å². The number of hydrogen-bond donors (Lipinski definition) is 2. The molecule has 0 saturated carbocycles. The molecule has 9 heteroatoms. The van der Waals surface area contributed by atoms with E-state index >= 15 is 0 Å². The molecule has 7 nitrogen and oxygen atoms in total. The zero-order valence-electron chi connectivity index (χ0n) is 9.83. The molecule has 3 N–H and O–H groups in total. The Morgan fingerprint density at radius 1 is 1.32 bits per heavy atom. The average Bonchev–Trinajstić information content (AvgIpc) is 2.36. The molecule has 1 heterocycles. The molecule has 0 radical (unpaired) electrons. The summed E-state index contributed by atoms with van der Waals surface area (Å²) in [6, 6.07) is 2.04. The summed E-state index contributed by atoms with van der Waals surface area (Å²) in [5, 5.41) is 6.95. The van der Waals surface area contributed by atoms with Gasteiger partial charge in [-0.15, -0.1) is 5.10 Å². The lowest BCUT2D eigenvalue weighted by Crippen LogP contribution is -2.16. The first-order valence-electron chi connectivity index (χ1n) is 5.12. The lowest BCUT2D eigenvalue weighted by atomic mass is 10.2. The molecule has 0 bridgehead atoms. The maximum atomic E-state index is 13.5. The molecule has 0 spiro atoms. The van der Waals surface area contributed by atoms with Crippen LogP contribution in [0.3, 0.4) is 0 Å². The Bertz CT molecular complexity index is 682. The predicted octanol–water partition coefficient (Wildman–Crippen LogP) is 0.702. The number of benzene rings is 1. The maximum Gasteiger partial charge on any atom is 0.264 e. The SMILES string of the molecule is Cc1c(N)cc(S(=O)(=O)Nc2nccnn2)cc1F. The maximum absolute atomic E-state index is 13.5. The minimum atomic E-state index is -4.01. The van der Waals surface area contributed by atoms with Crippen LogP contribution in [0.1, 0.15) is 5.56 Å². The van der Waals surface area contributed by atoms with Gasteiger partial charge in [0.2, 0.25) is 0 Å². The van der Waals surface area contributed by atoms with Crippen LogP contribution >= 0.6 is 0 Å². The number of anilines is 2. The fourth-order valence-electron chi connectivity index (χ4n) is 1.30. The second-order valence-electron chi connectivity index (χ2n) is 3.69. The third kappa shape index (κ3) is 2.76. The molecule has 0 unspecified atom stereocenters. The van der Waals surface area contributed by atoms with Crippen molar-refractivity contribution < 1.29 is 12.8 Å². The van der Waals surface area contributed by atoms with Crippen LogP contribution in [0, 0.1) is 12.7 Å². The van der Waals surface area contributed by atoms with Gasteiger partial charge >= 0.3 is 0 Å². The molecule has 0 aliphatic heterocycles. The highest BCUT2D eigenvalue weighted by Crippen LogP contribution is 2.21. The van der Waals surface area contributed by atoms with E-state index in [0.717, 1.165) is 12.1 Å². The Labute approximate surface area is 108 Å². The average molecular weight is 283 g/mol. The van der Waals surface area contributed by atoms with Gasteiger partial charge in [0.05, 0.1) is 17.3 Å². The summed E-state index contributed by atoms with van der Waals surface area (Å²) < 4.78 is 39.5. The smallest absolute Gasteiger partial charge is 0.264 e. The van der Waals surface area contributed by atoms with Gasteiger partial charge < -0.3 is 5.73 Å². The van der Waals surface area contributed by atoms with Gasteiger partial charge in [0.15, 0.2) is 0 Å². The normalized spacial score (nSPS) is 11.3. The number of nitrogen functional groups attached to an aromatic ring is 1. The number of sulfonamides is 1. The van der Waals surface area contributed by atoms with Crippen LogP contribution in [0.5, 0.6) is 0 Å². The van der Waals surface area contributed by atoms with Gasteiger partial charge in [-0.1, -0.05) is 0 Å². The minimum Gasteiger partial charge on any atom is -0.398 e. The number of nitrogens with two attached hydrogens (primary N) is 1. The molecule has 2 rings (SSSR count). The van der Waals surface area contributed by atoms with Crippen molar-refractivity contribution in [1.82, 2.24) is 15.2 Å². The Kier molecular flexibility index (Phi) is 3.30. The standard InChI is InChI=1S/C10H10FN5O2S/c1-6-8(11)4-7(5-9(6)12)19(17,18)16-10-13-2-3-14-15-10/h2-5H,12H2,1H3,(H,13,15,16). The van der Waals surface area contributed by atoms with E-state index in [0.29, 0.717) is 0 Å². The fourth-order valence-corrected chi connectivity index (χ4v) is 2.30. The molecule has 1 aromatic carbocycles. The zero-order valence-corrected chi connectivity index (χ0v) is 10.6. The number of aromatic nitrogens is 3. The molecular formula is C10H10FN5O2S. The first-order valence-corrected chi connectivity index (χ1v) is 6.60. The summed E-state index contributed by atoms with van der Waals surface area (Å²) in [6.07, 6.45) is 2.57. The van der Waals surface area contributed by atoms with Crippen LogP contribution in [-0.4, -0.2) is 23.6 Å². The van der Waals surface area contributed by atoms with Crippen molar-refractivity contribution in [3.8, 4) is 0 Å². The summed E-state index contributed by atoms with van der Waals surface area (Å²) in [6.45, 7) is 1.46. The summed E-state index contributed by atoms with van der Waals surface area (Å²) in [5.74, 6) is -0.908. The summed E-state index contributed by atoms with van der Waals surface area (Å²) in [7, 11) is -4.01. The van der Waals surface area contributed by atoms with E-state index in [9.17, 15) is 12.8 Å². The zero-order chi connectivity index (χ0) is 14.0. The van der Waals surface area contributed by atoms with Crippen molar-refractivity contribution in [1.29, 1.82) is 0 Å². The van der Waals surface area contributed by atoms with E-state index in [1.54, 1.807) is 0 Å². The lowest BCUT2D eigenvalue weighted by molar-refractivity contribution is 0.593. The lowest BCUT2D eigenvalue weighted by Gasteiger charge is -2.08. The van der Waals surface area contributed by atoms with E-state index in [1.807, 2.05) is 0 Å². The van der Waals surface area contributed by atoms with Gasteiger partial charge in [-0.25, -0.2) is 22.5 Å². The highest BCUT2D eigenvalue weighted by Gasteiger charge is 2.18. The summed E-state index contributed by atoms with van der Waals surface area (Å²) in [4.78, 5) is 3.36. The molecular weight excluding hydrogens is 273 g/mol. The molecule has 0 saturated heterocycles. The number of hydrogen-bond acceptors (Lipinski definition) is 6. The minimum absolute atomic E-state index is 0.0486. The van der Waals surface area contributed by atoms with Crippen molar-refractivity contribution >= 4 is 21.7 Å². The number of rotatable bonds is 3. The van der Waals surface area contributed by atoms with Crippen molar-refractivity contribution in [3.63, 3.8) is 0 Å². The van der Waals surface area contributed by atoms with Gasteiger partial charge in [0.25, 0.3) is 16.0 Å². The van der Waals surface area contributed by atoms with Crippen molar-refractivity contribution in [2.75, 3.05) is 10.5 Å². The topological polar surface area (TPSA) is 111 Å². The molecule has 0 aliphatic rings. The molecule has 0 aliphatic carbocycles. The fraction of sp³-hybridized carbons (Fsp3) is 0.100. The number of nitrogens with zero attached hydrogens (tertiary/aromatic N) is 3. The van der Waals surface area contributed by atoms with Gasteiger partial charge in [-0.2, -0.15) is 5.10 Å². The van der Waals surface area contributed by atoms with Crippen molar-refractivity contribution in [2.45, 2.75) is 11.8 Å². The monoisotopic (exact) mass is 283 g/mol. The van der Waals surface area contributed by atoms with Crippen molar-refractivity contribution in [2.24, 2.45) is 0 Å². The van der Waals surface area contributed by atoms with Gasteiger partial charge in [-0.05, 0) is 19.1 Å². The second-order valence-corrected chi connectivity index (χ2v) is 5.37. The Balaban J connectivity index is 2.40. The Morgan fingerprint density at radius 3 is 2.63 bits per heavy atom. The molecule has 0 atom stereocenters. The van der Waals surface area contributed by atoms with Crippen LogP contribution in [0.15, 0.2) is 29.4 Å². The van der Waals surface area contributed by atoms with Crippen LogP contribution < -0.4 is 10.5 Å². The Hall–Kier alpha value is -2.29. The van der Waals surface area contributed by atoms with E-state index in [4.69, 9.17) is 5.73 Å². The van der Waals surface area contributed by atoms with E-state index < -0.39 is 15.8 Å². The van der Waals surface area contributed by atoms with Crippen molar-refractivity contribution in [3.05, 3.63) is 35.9 Å². The summed E-state index contributed by atoms with van der Waals surface area (Å²) >= 11 is 0. The second kappa shape index (κ2) is 4.76. The molecule has 100 valence electrons. The van der Waals surface area contributed by atoms with E-state index in [2.05, 4.69) is 19.9 Å². The quantitative estimate of drug-likeness (QED) is 0.802. The van der Waals surface area contributed by atoms with Gasteiger partial charge in [0.1, 0.15) is 5.82 Å².